The summed E-state index contributed by atoms with van der Waals surface area (Å²) >= 11 is 0. The molecule has 0 saturated carbocycles. The minimum absolute atomic E-state index is 0.463. The Hall–Kier alpha value is -1.57. The Bertz CT molecular complexity index is 594. The number of para-hydroxylation sites is 1. The Kier molecular flexibility index (Phi) is 4.64. The van der Waals surface area contributed by atoms with Crippen LogP contribution in [0.15, 0.2) is 54.6 Å². The number of nitrogens with one attached hydrogen (secondary N) is 1. The van der Waals surface area contributed by atoms with Gasteiger partial charge in [-0.1, -0.05) is 35.9 Å². The molecule has 0 aliphatic heterocycles. The van der Waals surface area contributed by atoms with Gasteiger partial charge >= 0.3 is 7.37 Å². The SMILES string of the molecule is Cc1ccc(P(=O)(C[NH+](C)C)Oc2ccccc2)cc1. The number of aryl methyl sites for hydroxylation is 1. The van der Waals surface area contributed by atoms with E-state index < -0.39 is 7.37 Å². The molecule has 0 bridgehead atoms. The summed E-state index contributed by atoms with van der Waals surface area (Å²) in [6.45, 7) is 2.02. The normalized spacial score (nSPS) is 14.0. The van der Waals surface area contributed by atoms with Gasteiger partial charge in [-0.05, 0) is 31.2 Å². The first kappa shape index (κ1) is 14.8. The molecule has 0 aliphatic carbocycles. The third-order valence-electron chi connectivity index (χ3n) is 2.95. The molecule has 2 rings (SSSR count). The van der Waals surface area contributed by atoms with E-state index in [2.05, 4.69) is 0 Å². The number of benzene rings is 2. The van der Waals surface area contributed by atoms with Crippen molar-refractivity contribution in [2.24, 2.45) is 0 Å². The predicted molar refractivity (Wildman–Crippen MR) is 83.2 cm³/mol. The van der Waals surface area contributed by atoms with Crippen molar-refractivity contribution in [3.63, 3.8) is 0 Å². The van der Waals surface area contributed by atoms with Gasteiger partial charge in [-0.15, -0.1) is 0 Å². The van der Waals surface area contributed by atoms with Crippen LogP contribution in [0, 0.1) is 6.92 Å². The van der Waals surface area contributed by atoms with Gasteiger partial charge in [0.2, 0.25) is 0 Å². The fourth-order valence-electron chi connectivity index (χ4n) is 2.02. The van der Waals surface area contributed by atoms with Crippen molar-refractivity contribution in [3.8, 4) is 5.75 Å². The quantitative estimate of drug-likeness (QED) is 0.855. The van der Waals surface area contributed by atoms with Crippen molar-refractivity contribution in [2.45, 2.75) is 6.92 Å². The van der Waals surface area contributed by atoms with Crippen molar-refractivity contribution < 1.29 is 14.0 Å². The summed E-state index contributed by atoms with van der Waals surface area (Å²) in [7, 11) is 1.06. The minimum atomic E-state index is -2.91. The average Bonchev–Trinajstić information content (AvgIpc) is 2.39. The van der Waals surface area contributed by atoms with Crippen LogP contribution in [0.3, 0.4) is 0 Å². The second kappa shape index (κ2) is 6.25. The van der Waals surface area contributed by atoms with Crippen LogP contribution in [-0.2, 0) is 4.57 Å². The van der Waals surface area contributed by atoms with E-state index in [9.17, 15) is 4.57 Å². The third kappa shape index (κ3) is 3.72. The van der Waals surface area contributed by atoms with Crippen molar-refractivity contribution in [1.29, 1.82) is 0 Å². The van der Waals surface area contributed by atoms with Gasteiger partial charge in [0.05, 0.1) is 19.4 Å². The lowest BCUT2D eigenvalue weighted by molar-refractivity contribution is -0.845. The van der Waals surface area contributed by atoms with Crippen molar-refractivity contribution in [1.82, 2.24) is 0 Å². The second-order valence-corrected chi connectivity index (χ2v) is 7.64. The van der Waals surface area contributed by atoms with Gasteiger partial charge in [0.25, 0.3) is 0 Å². The number of hydrogen-bond donors (Lipinski definition) is 1. The van der Waals surface area contributed by atoms with E-state index in [1.54, 1.807) is 0 Å². The van der Waals surface area contributed by atoms with Gasteiger partial charge in [-0.2, -0.15) is 0 Å². The summed E-state index contributed by atoms with van der Waals surface area (Å²) in [4.78, 5) is 1.10. The maximum Gasteiger partial charge on any atom is 0.329 e. The lowest BCUT2D eigenvalue weighted by atomic mass is 10.2. The molecule has 3 nitrogen and oxygen atoms in total. The molecule has 2 aromatic carbocycles. The molecule has 0 heterocycles. The Morgan fingerprint density at radius 3 is 2.15 bits per heavy atom. The Labute approximate surface area is 120 Å². The minimum Gasteiger partial charge on any atom is -0.436 e. The first-order valence-electron chi connectivity index (χ1n) is 6.69. The molecule has 0 radical (unpaired) electrons. The Morgan fingerprint density at radius 2 is 1.60 bits per heavy atom. The fourth-order valence-corrected chi connectivity index (χ4v) is 4.27. The number of quaternary nitrogens is 1. The summed E-state index contributed by atoms with van der Waals surface area (Å²) in [6, 6.07) is 17.1. The van der Waals surface area contributed by atoms with Crippen LogP contribution in [0.1, 0.15) is 5.56 Å². The lowest BCUT2D eigenvalue weighted by Gasteiger charge is -2.21. The highest BCUT2D eigenvalue weighted by molar-refractivity contribution is 7.67. The zero-order chi connectivity index (χ0) is 14.6. The average molecular weight is 290 g/mol. The van der Waals surface area contributed by atoms with Crippen LogP contribution in [0.2, 0.25) is 0 Å². The van der Waals surface area contributed by atoms with Gasteiger partial charge in [0.1, 0.15) is 5.75 Å². The molecule has 1 unspecified atom stereocenters. The molecule has 106 valence electrons. The summed E-state index contributed by atoms with van der Waals surface area (Å²) < 4.78 is 19.1. The van der Waals surface area contributed by atoms with E-state index in [0.29, 0.717) is 12.0 Å². The maximum absolute atomic E-state index is 13.3. The summed E-state index contributed by atoms with van der Waals surface area (Å²) in [5.74, 6) is 0.651. The van der Waals surface area contributed by atoms with Gasteiger partial charge < -0.3 is 9.42 Å². The van der Waals surface area contributed by atoms with Crippen LogP contribution in [0.25, 0.3) is 0 Å². The van der Waals surface area contributed by atoms with Gasteiger partial charge in [0, 0.05) is 0 Å². The predicted octanol–water partition coefficient (Wildman–Crippen LogP) is 2.08. The van der Waals surface area contributed by atoms with Crippen molar-refractivity contribution in [3.05, 3.63) is 60.2 Å². The van der Waals surface area contributed by atoms with Crippen LogP contribution in [-0.4, -0.2) is 20.4 Å². The summed E-state index contributed by atoms with van der Waals surface area (Å²) in [5, 5.41) is 0.771. The zero-order valence-corrected chi connectivity index (χ0v) is 13.1. The standard InChI is InChI=1S/C16H20NO2P/c1-14-9-11-16(12-10-14)20(18,13-17(2)3)19-15-7-5-4-6-8-15/h4-12H,13H2,1-3H3/p+1. The first-order valence-corrected chi connectivity index (χ1v) is 8.50. The van der Waals surface area contributed by atoms with E-state index >= 15 is 0 Å². The molecule has 1 atom stereocenters. The van der Waals surface area contributed by atoms with E-state index in [0.717, 1.165) is 15.8 Å². The molecule has 0 aliphatic rings. The smallest absolute Gasteiger partial charge is 0.329 e. The zero-order valence-electron chi connectivity index (χ0n) is 12.2. The van der Waals surface area contributed by atoms with E-state index in [1.165, 1.54) is 0 Å². The number of hydrogen-bond acceptors (Lipinski definition) is 2. The van der Waals surface area contributed by atoms with E-state index in [4.69, 9.17) is 4.52 Å². The Balaban J connectivity index is 2.35. The lowest BCUT2D eigenvalue weighted by Crippen LogP contribution is -3.05. The molecule has 20 heavy (non-hydrogen) atoms. The molecule has 0 aromatic heterocycles. The molecular formula is C16H21NO2P+. The third-order valence-corrected chi connectivity index (χ3v) is 5.59. The molecule has 0 amide bonds. The molecule has 0 saturated heterocycles. The molecular weight excluding hydrogens is 269 g/mol. The van der Waals surface area contributed by atoms with Crippen LogP contribution >= 0.6 is 7.37 Å². The summed E-state index contributed by atoms with van der Waals surface area (Å²) in [6.07, 6.45) is 0.463. The van der Waals surface area contributed by atoms with Crippen molar-refractivity contribution in [2.75, 3.05) is 20.4 Å². The van der Waals surface area contributed by atoms with Gasteiger partial charge in [0.15, 0.2) is 6.29 Å². The molecule has 0 fully saturated rings. The van der Waals surface area contributed by atoms with Gasteiger partial charge in [-0.3, -0.25) is 4.57 Å². The number of rotatable bonds is 5. The molecule has 1 N–H and O–H groups in total. The first-order chi connectivity index (χ1) is 9.49. The van der Waals surface area contributed by atoms with Crippen LogP contribution in [0.5, 0.6) is 5.75 Å². The van der Waals surface area contributed by atoms with E-state index in [-0.39, 0.29) is 0 Å². The van der Waals surface area contributed by atoms with Crippen LogP contribution in [0.4, 0.5) is 0 Å². The summed E-state index contributed by atoms with van der Waals surface area (Å²) in [5.41, 5.74) is 1.15. The maximum atomic E-state index is 13.3. The topological polar surface area (TPSA) is 30.7 Å². The Morgan fingerprint density at radius 1 is 1.00 bits per heavy atom. The molecule has 0 spiro atoms. The fraction of sp³-hybridized carbons (Fsp3) is 0.250. The largest absolute Gasteiger partial charge is 0.436 e. The monoisotopic (exact) mass is 290 g/mol. The second-order valence-electron chi connectivity index (χ2n) is 5.28. The molecule has 2 aromatic rings. The highest BCUT2D eigenvalue weighted by Crippen LogP contribution is 2.44. The molecule has 4 heteroatoms. The van der Waals surface area contributed by atoms with E-state index in [1.807, 2.05) is 75.6 Å². The highest BCUT2D eigenvalue weighted by atomic mass is 31.2. The van der Waals surface area contributed by atoms with Crippen molar-refractivity contribution >= 4 is 12.7 Å². The van der Waals surface area contributed by atoms with Gasteiger partial charge in [-0.25, -0.2) is 0 Å². The highest BCUT2D eigenvalue weighted by Gasteiger charge is 2.30. The van der Waals surface area contributed by atoms with Crippen LogP contribution < -0.4 is 14.7 Å².